The van der Waals surface area contributed by atoms with Crippen LogP contribution in [0.4, 0.5) is 0 Å². The predicted octanol–water partition coefficient (Wildman–Crippen LogP) is 1.80. The maximum absolute atomic E-state index is 10.1. The molecule has 0 radical (unpaired) electrons. The molecule has 2 saturated carbocycles. The number of hydrogen-bond donors (Lipinski definition) is 2. The van der Waals surface area contributed by atoms with Crippen LogP contribution in [0.1, 0.15) is 39.0 Å². The second kappa shape index (κ2) is 3.69. The minimum Gasteiger partial charge on any atom is -0.396 e. The summed E-state index contributed by atoms with van der Waals surface area (Å²) >= 11 is 1.84. The first-order valence-corrected chi connectivity index (χ1v) is 6.56. The van der Waals surface area contributed by atoms with Crippen LogP contribution in [0.2, 0.25) is 0 Å². The average molecular weight is 216 g/mol. The minimum atomic E-state index is -0.0903. The van der Waals surface area contributed by atoms with Crippen LogP contribution in [0.25, 0.3) is 0 Å². The highest BCUT2D eigenvalue weighted by Crippen LogP contribution is 2.70. The van der Waals surface area contributed by atoms with Gasteiger partial charge in [-0.3, -0.25) is 0 Å². The fraction of sp³-hybridized carbons (Fsp3) is 1.00. The van der Waals surface area contributed by atoms with Crippen molar-refractivity contribution in [2.45, 2.75) is 49.9 Å². The molecule has 2 N–H and O–H groups in total. The Kier molecular flexibility index (Phi) is 2.84. The summed E-state index contributed by atoms with van der Waals surface area (Å²) in [5, 5.41) is 18.9. The molecule has 2 fully saturated rings. The van der Waals surface area contributed by atoms with E-state index in [-0.39, 0.29) is 22.9 Å². The molecule has 3 unspecified atom stereocenters. The number of hydrogen-bond acceptors (Lipinski definition) is 3. The second-order valence-corrected chi connectivity index (χ2v) is 6.50. The lowest BCUT2D eigenvalue weighted by Gasteiger charge is -2.31. The first-order chi connectivity index (χ1) is 6.65. The summed E-state index contributed by atoms with van der Waals surface area (Å²) in [5.74, 6) is 0.810. The summed E-state index contributed by atoms with van der Waals surface area (Å²) in [6.45, 7) is 2.51. The van der Waals surface area contributed by atoms with Crippen molar-refractivity contribution in [3.8, 4) is 0 Å². The molecule has 0 aliphatic heterocycles. The van der Waals surface area contributed by atoms with Crippen LogP contribution in [0.5, 0.6) is 0 Å². The van der Waals surface area contributed by atoms with E-state index < -0.39 is 0 Å². The standard InChI is InChI=1S/C11H20O2S/c1-10(14-7-6-12)8-11(10)5-3-2-4-9(11)13/h9,12-13H,2-8H2,1H3. The summed E-state index contributed by atoms with van der Waals surface area (Å²) in [5.41, 5.74) is 0.199. The smallest absolute Gasteiger partial charge is 0.0610 e. The van der Waals surface area contributed by atoms with Crippen molar-refractivity contribution in [1.29, 1.82) is 0 Å². The van der Waals surface area contributed by atoms with Crippen LogP contribution in [-0.2, 0) is 0 Å². The lowest BCUT2D eigenvalue weighted by Crippen LogP contribution is -2.32. The quantitative estimate of drug-likeness (QED) is 0.755. The van der Waals surface area contributed by atoms with Crippen molar-refractivity contribution in [3.05, 3.63) is 0 Å². The molecule has 0 aromatic heterocycles. The monoisotopic (exact) mass is 216 g/mol. The molecule has 0 aromatic carbocycles. The predicted molar refractivity (Wildman–Crippen MR) is 59.5 cm³/mol. The van der Waals surface area contributed by atoms with Gasteiger partial charge in [0.1, 0.15) is 0 Å². The third-order valence-corrected chi connectivity index (χ3v) is 5.66. The van der Waals surface area contributed by atoms with Crippen molar-refractivity contribution in [2.24, 2.45) is 5.41 Å². The Morgan fingerprint density at radius 2 is 2.21 bits per heavy atom. The van der Waals surface area contributed by atoms with E-state index in [0.29, 0.717) is 0 Å². The Hall–Kier alpha value is 0.270. The topological polar surface area (TPSA) is 40.5 Å². The summed E-state index contributed by atoms with van der Waals surface area (Å²) in [6, 6.07) is 0. The van der Waals surface area contributed by atoms with Gasteiger partial charge in [0.2, 0.25) is 0 Å². The molecule has 2 rings (SSSR count). The van der Waals surface area contributed by atoms with Gasteiger partial charge in [0.25, 0.3) is 0 Å². The summed E-state index contributed by atoms with van der Waals surface area (Å²) in [7, 11) is 0. The molecule has 0 aromatic rings. The fourth-order valence-corrected chi connectivity index (χ4v) is 4.49. The molecule has 0 saturated heterocycles. The highest BCUT2D eigenvalue weighted by molar-refractivity contribution is 8.01. The van der Waals surface area contributed by atoms with Gasteiger partial charge in [0.15, 0.2) is 0 Å². The lowest BCUT2D eigenvalue weighted by atomic mass is 9.82. The molecular weight excluding hydrogens is 196 g/mol. The number of aliphatic hydroxyl groups is 2. The summed E-state index contributed by atoms with van der Waals surface area (Å²) < 4.78 is 0.246. The maximum Gasteiger partial charge on any atom is 0.0610 e. The molecule has 14 heavy (non-hydrogen) atoms. The second-order valence-electron chi connectivity index (χ2n) is 4.90. The van der Waals surface area contributed by atoms with Crippen LogP contribution < -0.4 is 0 Å². The third-order valence-electron chi connectivity index (χ3n) is 4.08. The van der Waals surface area contributed by atoms with E-state index in [0.717, 1.165) is 18.6 Å². The fourth-order valence-electron chi connectivity index (χ4n) is 3.07. The lowest BCUT2D eigenvalue weighted by molar-refractivity contribution is 0.0495. The van der Waals surface area contributed by atoms with Gasteiger partial charge in [-0.1, -0.05) is 12.8 Å². The Labute approximate surface area is 90.1 Å². The van der Waals surface area contributed by atoms with E-state index in [1.807, 2.05) is 11.8 Å². The Balaban J connectivity index is 1.98. The highest BCUT2D eigenvalue weighted by atomic mass is 32.2. The summed E-state index contributed by atoms with van der Waals surface area (Å²) in [4.78, 5) is 0. The van der Waals surface area contributed by atoms with Gasteiger partial charge in [0, 0.05) is 15.9 Å². The SMILES string of the molecule is CC1(SCCO)CC12CCCCC2O. The Morgan fingerprint density at radius 3 is 2.86 bits per heavy atom. The van der Waals surface area contributed by atoms with E-state index in [1.54, 1.807) is 0 Å². The maximum atomic E-state index is 10.1. The van der Waals surface area contributed by atoms with Gasteiger partial charge in [-0.25, -0.2) is 0 Å². The molecule has 1 spiro atoms. The van der Waals surface area contributed by atoms with Crippen LogP contribution in [-0.4, -0.2) is 33.4 Å². The van der Waals surface area contributed by atoms with Gasteiger partial charge >= 0.3 is 0 Å². The van der Waals surface area contributed by atoms with Gasteiger partial charge in [0.05, 0.1) is 12.7 Å². The van der Waals surface area contributed by atoms with Crippen LogP contribution in [0.3, 0.4) is 0 Å². The largest absolute Gasteiger partial charge is 0.396 e. The zero-order valence-corrected chi connectivity index (χ0v) is 9.65. The van der Waals surface area contributed by atoms with E-state index in [9.17, 15) is 5.11 Å². The first kappa shape index (κ1) is 10.8. The molecule has 0 amide bonds. The highest BCUT2D eigenvalue weighted by Gasteiger charge is 2.67. The molecule has 2 aliphatic rings. The normalized spacial score (nSPS) is 46.9. The number of rotatable bonds is 3. The molecular formula is C11H20O2S. The minimum absolute atomic E-state index is 0.0903. The van der Waals surface area contributed by atoms with Crippen LogP contribution >= 0.6 is 11.8 Å². The van der Waals surface area contributed by atoms with Crippen molar-refractivity contribution < 1.29 is 10.2 Å². The average Bonchev–Trinajstić information content (AvgIpc) is 2.76. The van der Waals surface area contributed by atoms with Gasteiger partial charge in [-0.15, -0.1) is 0 Å². The van der Waals surface area contributed by atoms with Crippen molar-refractivity contribution in [2.75, 3.05) is 12.4 Å². The third kappa shape index (κ3) is 1.50. The molecule has 0 heterocycles. The van der Waals surface area contributed by atoms with E-state index in [4.69, 9.17) is 5.11 Å². The molecule has 2 nitrogen and oxygen atoms in total. The first-order valence-electron chi connectivity index (χ1n) is 5.57. The van der Waals surface area contributed by atoms with E-state index in [2.05, 4.69) is 6.92 Å². The Morgan fingerprint density at radius 1 is 1.43 bits per heavy atom. The van der Waals surface area contributed by atoms with Gasteiger partial charge < -0.3 is 10.2 Å². The molecule has 82 valence electrons. The zero-order valence-electron chi connectivity index (χ0n) is 8.83. The molecule has 0 bridgehead atoms. The molecule has 3 atom stereocenters. The van der Waals surface area contributed by atoms with Crippen molar-refractivity contribution in [3.63, 3.8) is 0 Å². The van der Waals surface area contributed by atoms with Crippen molar-refractivity contribution in [1.82, 2.24) is 0 Å². The number of aliphatic hydroxyl groups excluding tert-OH is 2. The Bertz CT molecular complexity index is 221. The van der Waals surface area contributed by atoms with E-state index >= 15 is 0 Å². The molecule has 2 aliphatic carbocycles. The van der Waals surface area contributed by atoms with Crippen molar-refractivity contribution >= 4 is 11.8 Å². The van der Waals surface area contributed by atoms with Gasteiger partial charge in [-0.2, -0.15) is 11.8 Å². The zero-order chi connectivity index (χ0) is 10.2. The van der Waals surface area contributed by atoms with Gasteiger partial charge in [-0.05, 0) is 26.2 Å². The summed E-state index contributed by atoms with van der Waals surface area (Å²) in [6.07, 6.45) is 5.67. The van der Waals surface area contributed by atoms with E-state index in [1.165, 1.54) is 19.3 Å². The molecule has 3 heteroatoms. The van der Waals surface area contributed by atoms with Crippen LogP contribution in [0.15, 0.2) is 0 Å². The van der Waals surface area contributed by atoms with Crippen LogP contribution in [0, 0.1) is 5.41 Å². The number of thioether (sulfide) groups is 1.